The summed E-state index contributed by atoms with van der Waals surface area (Å²) in [6.45, 7) is 5.56. The molecule has 3 aromatic rings. The van der Waals surface area contributed by atoms with Crippen LogP contribution in [-0.2, 0) is 0 Å². The second-order valence-corrected chi connectivity index (χ2v) is 7.52. The molecule has 4 rings (SSSR count). The SMILES string of the molecule is Cc1cc(Cl)cn2cc(N3CCN(c4ccc(Cl)cc4Cl)CC3)nc12.Cl.Cl. The number of hydrogen-bond donors (Lipinski definition) is 0. The van der Waals surface area contributed by atoms with E-state index in [1.54, 1.807) is 6.07 Å². The molecule has 0 N–H and O–H groups in total. The second kappa shape index (κ2) is 8.97. The van der Waals surface area contributed by atoms with Crippen LogP contribution in [0.2, 0.25) is 15.1 Å². The van der Waals surface area contributed by atoms with Crippen molar-refractivity contribution < 1.29 is 0 Å². The predicted octanol–water partition coefficient (Wildman–Crippen LogP) is 5.77. The molecule has 1 fully saturated rings. The maximum Gasteiger partial charge on any atom is 0.148 e. The van der Waals surface area contributed by atoms with Crippen molar-refractivity contribution in [3.05, 3.63) is 57.3 Å². The zero-order chi connectivity index (χ0) is 17.6. The Bertz CT molecular complexity index is 935. The largest absolute Gasteiger partial charge is 0.367 e. The van der Waals surface area contributed by atoms with Crippen LogP contribution in [0.4, 0.5) is 11.5 Å². The second-order valence-electron chi connectivity index (χ2n) is 6.24. The Hall–Kier alpha value is -1.04. The molecule has 1 saturated heterocycles. The zero-order valence-corrected chi connectivity index (χ0v) is 18.4. The maximum absolute atomic E-state index is 6.33. The number of fused-ring (bicyclic) bond motifs is 1. The molecule has 1 aromatic carbocycles. The van der Waals surface area contributed by atoms with Crippen molar-refractivity contribution in [3.63, 3.8) is 0 Å². The van der Waals surface area contributed by atoms with E-state index in [-0.39, 0.29) is 24.8 Å². The molecule has 0 radical (unpaired) electrons. The van der Waals surface area contributed by atoms with Crippen LogP contribution in [0.25, 0.3) is 5.65 Å². The fourth-order valence-electron chi connectivity index (χ4n) is 3.28. The van der Waals surface area contributed by atoms with Gasteiger partial charge >= 0.3 is 0 Å². The number of aryl methyl sites for hydroxylation is 1. The van der Waals surface area contributed by atoms with Gasteiger partial charge in [0, 0.05) is 37.4 Å². The third-order valence-electron chi connectivity index (χ3n) is 4.54. The van der Waals surface area contributed by atoms with Gasteiger partial charge < -0.3 is 14.2 Å². The third kappa shape index (κ3) is 4.52. The number of nitrogens with zero attached hydrogens (tertiary/aromatic N) is 4. The Labute approximate surface area is 185 Å². The van der Waals surface area contributed by atoms with Gasteiger partial charge in [-0.3, -0.25) is 0 Å². The van der Waals surface area contributed by atoms with Crippen LogP contribution in [0.3, 0.4) is 0 Å². The van der Waals surface area contributed by atoms with E-state index in [1.807, 2.05) is 41.9 Å². The van der Waals surface area contributed by atoms with Crippen molar-refractivity contribution in [1.82, 2.24) is 9.38 Å². The third-order valence-corrected chi connectivity index (χ3v) is 5.29. The summed E-state index contributed by atoms with van der Waals surface area (Å²) in [7, 11) is 0. The summed E-state index contributed by atoms with van der Waals surface area (Å²) < 4.78 is 2.00. The fourth-order valence-corrected chi connectivity index (χ4v) is 4.08. The maximum atomic E-state index is 6.33. The summed E-state index contributed by atoms with van der Waals surface area (Å²) in [5.41, 5.74) is 3.05. The number of halogens is 5. The average Bonchev–Trinajstić information content (AvgIpc) is 2.99. The molecule has 146 valence electrons. The molecule has 0 amide bonds. The highest BCUT2D eigenvalue weighted by Crippen LogP contribution is 2.30. The van der Waals surface area contributed by atoms with Gasteiger partial charge in [-0.15, -0.1) is 24.8 Å². The van der Waals surface area contributed by atoms with E-state index in [1.165, 1.54) is 0 Å². The van der Waals surface area contributed by atoms with Gasteiger partial charge in [0.05, 0.1) is 21.9 Å². The smallest absolute Gasteiger partial charge is 0.148 e. The van der Waals surface area contributed by atoms with Crippen molar-refractivity contribution >= 4 is 76.8 Å². The standard InChI is InChI=1S/C18H17Cl3N4.2ClH/c1-12-8-14(20)10-25-11-17(22-18(12)25)24-6-4-23(5-7-24)16-3-2-13(19)9-15(16)21;;/h2-3,8-11H,4-7H2,1H3;2*1H. The molecule has 4 nitrogen and oxygen atoms in total. The first kappa shape index (κ1) is 22.3. The van der Waals surface area contributed by atoms with Gasteiger partial charge in [-0.1, -0.05) is 34.8 Å². The Morgan fingerprint density at radius 3 is 2.19 bits per heavy atom. The Balaban J connectivity index is 0.00000131. The average molecular weight is 469 g/mol. The Morgan fingerprint density at radius 1 is 0.852 bits per heavy atom. The zero-order valence-electron chi connectivity index (χ0n) is 14.5. The highest BCUT2D eigenvalue weighted by atomic mass is 35.5. The van der Waals surface area contributed by atoms with E-state index in [9.17, 15) is 0 Å². The molecule has 0 atom stereocenters. The van der Waals surface area contributed by atoms with Crippen molar-refractivity contribution in [3.8, 4) is 0 Å². The predicted molar refractivity (Wildman–Crippen MR) is 120 cm³/mol. The first-order valence-corrected chi connectivity index (χ1v) is 9.24. The van der Waals surface area contributed by atoms with Crippen molar-refractivity contribution in [2.24, 2.45) is 0 Å². The monoisotopic (exact) mass is 466 g/mol. The molecule has 1 aliphatic rings. The first-order chi connectivity index (χ1) is 12.0. The van der Waals surface area contributed by atoms with Crippen molar-refractivity contribution in [2.75, 3.05) is 36.0 Å². The van der Waals surface area contributed by atoms with Gasteiger partial charge in [0.2, 0.25) is 0 Å². The van der Waals surface area contributed by atoms with Gasteiger partial charge in [-0.25, -0.2) is 4.98 Å². The topological polar surface area (TPSA) is 23.8 Å². The molecule has 0 aliphatic carbocycles. The molecular formula is C18H19Cl5N4. The molecule has 9 heteroatoms. The number of aromatic nitrogens is 2. The van der Waals surface area contributed by atoms with Crippen LogP contribution in [0.1, 0.15) is 5.56 Å². The summed E-state index contributed by atoms with van der Waals surface area (Å²) in [4.78, 5) is 9.35. The first-order valence-electron chi connectivity index (χ1n) is 8.11. The number of rotatable bonds is 2. The molecule has 2 aromatic heterocycles. The lowest BCUT2D eigenvalue weighted by atomic mass is 10.2. The molecule has 0 saturated carbocycles. The van der Waals surface area contributed by atoms with E-state index in [0.717, 1.165) is 53.9 Å². The van der Waals surface area contributed by atoms with Gasteiger partial charge in [0.1, 0.15) is 11.5 Å². The molecular weight excluding hydrogens is 449 g/mol. The highest BCUT2D eigenvalue weighted by molar-refractivity contribution is 6.36. The fraction of sp³-hybridized carbons (Fsp3) is 0.278. The van der Waals surface area contributed by atoms with Crippen LogP contribution in [0, 0.1) is 6.92 Å². The number of pyridine rings is 1. The van der Waals surface area contributed by atoms with E-state index in [4.69, 9.17) is 39.8 Å². The van der Waals surface area contributed by atoms with Gasteiger partial charge in [0.25, 0.3) is 0 Å². The number of benzene rings is 1. The summed E-state index contributed by atoms with van der Waals surface area (Å²) in [6.07, 6.45) is 3.93. The van der Waals surface area contributed by atoms with Gasteiger partial charge in [-0.05, 0) is 36.8 Å². The Kier molecular flexibility index (Phi) is 7.40. The van der Waals surface area contributed by atoms with Crippen LogP contribution in [0.5, 0.6) is 0 Å². The lowest BCUT2D eigenvalue weighted by Crippen LogP contribution is -2.46. The minimum absolute atomic E-state index is 0. The summed E-state index contributed by atoms with van der Waals surface area (Å²) in [5.74, 6) is 0.979. The van der Waals surface area contributed by atoms with E-state index in [0.29, 0.717) is 10.0 Å². The van der Waals surface area contributed by atoms with Gasteiger partial charge in [-0.2, -0.15) is 0 Å². The quantitative estimate of drug-likeness (QED) is 0.477. The van der Waals surface area contributed by atoms with Crippen molar-refractivity contribution in [1.29, 1.82) is 0 Å². The van der Waals surface area contributed by atoms with E-state index >= 15 is 0 Å². The van der Waals surface area contributed by atoms with Crippen LogP contribution in [0.15, 0.2) is 36.7 Å². The van der Waals surface area contributed by atoms with E-state index < -0.39 is 0 Å². The number of piperazine rings is 1. The minimum Gasteiger partial charge on any atom is -0.367 e. The van der Waals surface area contributed by atoms with Crippen LogP contribution >= 0.6 is 59.6 Å². The summed E-state index contributed by atoms with van der Waals surface area (Å²) in [6, 6.07) is 7.59. The number of imidazole rings is 1. The normalized spacial score (nSPS) is 14.1. The van der Waals surface area contributed by atoms with Crippen LogP contribution < -0.4 is 9.80 Å². The number of hydrogen-bond acceptors (Lipinski definition) is 3. The van der Waals surface area contributed by atoms with E-state index in [2.05, 4.69) is 9.80 Å². The minimum atomic E-state index is 0. The lowest BCUT2D eigenvalue weighted by molar-refractivity contribution is 0.649. The van der Waals surface area contributed by atoms with Crippen LogP contribution in [-0.4, -0.2) is 35.6 Å². The molecule has 0 bridgehead atoms. The van der Waals surface area contributed by atoms with Crippen molar-refractivity contribution in [2.45, 2.75) is 6.92 Å². The lowest BCUT2D eigenvalue weighted by Gasteiger charge is -2.36. The number of anilines is 2. The molecule has 3 heterocycles. The summed E-state index contributed by atoms with van der Waals surface area (Å²) >= 11 is 18.5. The highest BCUT2D eigenvalue weighted by Gasteiger charge is 2.21. The molecule has 1 aliphatic heterocycles. The molecule has 0 unspecified atom stereocenters. The van der Waals surface area contributed by atoms with Gasteiger partial charge in [0.15, 0.2) is 0 Å². The molecule has 0 spiro atoms. The summed E-state index contributed by atoms with van der Waals surface area (Å²) in [5, 5.41) is 2.07. The Morgan fingerprint density at radius 2 is 1.52 bits per heavy atom. The molecule has 27 heavy (non-hydrogen) atoms.